The Balaban J connectivity index is 1.35. The molecule has 9 rings (SSSR count). The van der Waals surface area contributed by atoms with Crippen LogP contribution in [-0.4, -0.2) is 83.6 Å². The zero-order chi connectivity index (χ0) is 48.1. The molecule has 0 aromatic heterocycles. The summed E-state index contributed by atoms with van der Waals surface area (Å²) in [5, 5.41) is 15.4. The lowest BCUT2D eigenvalue weighted by atomic mass is 9.64. The smallest absolute Gasteiger partial charge is 0.329 e. The van der Waals surface area contributed by atoms with Crippen molar-refractivity contribution in [3.63, 3.8) is 0 Å². The number of primary amides is 1. The van der Waals surface area contributed by atoms with Gasteiger partial charge in [0.2, 0.25) is 11.8 Å². The number of aliphatic hydroxyl groups is 1. The highest BCUT2D eigenvalue weighted by molar-refractivity contribution is 6.24. The van der Waals surface area contributed by atoms with Gasteiger partial charge >= 0.3 is 18.0 Å². The zero-order valence-electron chi connectivity index (χ0n) is 38.5. The molecule has 5 aromatic carbocycles. The number of ether oxygens (including phenoxy) is 2. The van der Waals surface area contributed by atoms with Gasteiger partial charge in [-0.05, 0) is 77.9 Å². The first-order valence-corrected chi connectivity index (χ1v) is 23.7. The minimum atomic E-state index is -2.00. The summed E-state index contributed by atoms with van der Waals surface area (Å²) in [6.45, 7) is 2.32. The van der Waals surface area contributed by atoms with Crippen LogP contribution >= 0.6 is 0 Å². The van der Waals surface area contributed by atoms with E-state index in [-0.39, 0.29) is 25.4 Å². The van der Waals surface area contributed by atoms with Crippen LogP contribution in [0.2, 0.25) is 0 Å². The summed E-state index contributed by atoms with van der Waals surface area (Å²) in [7, 11) is 0. The topological polar surface area (TPSA) is 184 Å². The average Bonchev–Trinajstić information content (AvgIpc) is 3.81. The fourth-order valence-electron chi connectivity index (χ4n) is 10.9. The summed E-state index contributed by atoms with van der Waals surface area (Å²) in [5.74, 6) is 3.21. The van der Waals surface area contributed by atoms with Crippen LogP contribution in [0, 0.1) is 17.8 Å². The number of fused-ring (bicyclic) bond motifs is 3. The second-order valence-corrected chi connectivity index (χ2v) is 18.0. The molecule has 3 fully saturated rings. The minimum Gasteiger partial charge on any atom is -0.491 e. The third-order valence-electron chi connectivity index (χ3n) is 13.9. The maximum Gasteiger partial charge on any atom is 0.329 e. The number of esters is 1. The van der Waals surface area contributed by atoms with E-state index in [1.807, 2.05) is 109 Å². The molecular weight excluding hydrogens is 873 g/mol. The van der Waals surface area contributed by atoms with Crippen LogP contribution in [0.1, 0.15) is 96.6 Å². The molecule has 4 aliphatic heterocycles. The second kappa shape index (κ2) is 20.4. The molecule has 354 valence electrons. The van der Waals surface area contributed by atoms with E-state index in [0.29, 0.717) is 41.1 Å². The summed E-state index contributed by atoms with van der Waals surface area (Å²) < 4.78 is 12.7. The summed E-state index contributed by atoms with van der Waals surface area (Å²) in [5.41, 5.74) is 7.16. The third-order valence-corrected chi connectivity index (χ3v) is 13.9. The van der Waals surface area contributed by atoms with E-state index in [9.17, 15) is 9.90 Å². The van der Waals surface area contributed by atoms with Gasteiger partial charge in [0.25, 0.3) is 0 Å². The van der Waals surface area contributed by atoms with Gasteiger partial charge in [0, 0.05) is 18.7 Å². The monoisotopic (exact) mass is 928 g/mol. The summed E-state index contributed by atoms with van der Waals surface area (Å²) in [4.78, 5) is 80.3. The molecule has 14 heteroatoms. The number of nitrogens with two attached hydrogens (primary N) is 1. The lowest BCUT2D eigenvalue weighted by Crippen LogP contribution is -2.57. The van der Waals surface area contributed by atoms with E-state index in [1.165, 1.54) is 0 Å². The molecule has 14 nitrogen and oxygen atoms in total. The molecule has 5 aromatic rings. The van der Waals surface area contributed by atoms with E-state index in [1.54, 1.807) is 41.3 Å². The van der Waals surface area contributed by atoms with Crippen molar-refractivity contribution < 1.29 is 38.6 Å². The standard InChI is InChI=1S/C55H56N6O8/c1-36(38-19-8-5-9-20-38)58-54(67)60-44-28-27-37(18-17-29-57-53(56)66)34-43(44)55(52(60)65)45(50(63)59-30-14-3-2-4-15-31-59)47-51(64)69-48(40-23-12-7-13-24-40)46(39-21-10-6-11-22-39)61(47)49(55)41-25-16-26-42(35-41)68-33-32-62/h5-13,16,19-28,34-36,45-49,62H,2-4,14-15,29-33H2,1H3,(H,58,67)(H3,56,57,66)/t36-,45-,46-,47-,48+,49+,55-/m1/s1. The molecule has 69 heavy (non-hydrogen) atoms. The molecule has 1 spiro atoms. The Bertz CT molecular complexity index is 2760. The number of rotatable bonds is 10. The molecule has 6 amide bonds. The molecule has 0 saturated carbocycles. The molecule has 5 N–H and O–H groups in total. The van der Waals surface area contributed by atoms with Gasteiger partial charge in [-0.25, -0.2) is 14.5 Å². The molecule has 0 radical (unpaired) electrons. The highest BCUT2D eigenvalue weighted by Crippen LogP contribution is 2.66. The number of cyclic esters (lactones) is 1. The Morgan fingerprint density at radius 2 is 1.46 bits per heavy atom. The average molecular weight is 929 g/mol. The van der Waals surface area contributed by atoms with Crippen LogP contribution in [0.25, 0.3) is 0 Å². The molecule has 0 unspecified atom stereocenters. The largest absolute Gasteiger partial charge is 0.491 e. The minimum absolute atomic E-state index is 0.0152. The lowest BCUT2D eigenvalue weighted by molar-refractivity contribution is -0.179. The van der Waals surface area contributed by atoms with Crippen LogP contribution in [-0.2, 0) is 24.5 Å². The second-order valence-electron chi connectivity index (χ2n) is 18.0. The maximum absolute atomic E-state index is 16.8. The quantitative estimate of drug-likeness (QED) is 0.0846. The van der Waals surface area contributed by atoms with Crippen LogP contribution < -0.4 is 26.0 Å². The van der Waals surface area contributed by atoms with Gasteiger partial charge in [0.1, 0.15) is 29.9 Å². The molecule has 7 atom stereocenters. The number of hydrogen-bond acceptors (Lipinski definition) is 9. The number of morpholine rings is 1. The van der Waals surface area contributed by atoms with Gasteiger partial charge in [0.15, 0.2) is 0 Å². The Morgan fingerprint density at radius 1 is 0.812 bits per heavy atom. The fraction of sp³-hybridized carbons (Fsp3) is 0.327. The number of amides is 6. The van der Waals surface area contributed by atoms with Crippen molar-refractivity contribution in [2.75, 3.05) is 37.7 Å². The normalized spacial score (nSPS) is 23.6. The van der Waals surface area contributed by atoms with Gasteiger partial charge < -0.3 is 35.8 Å². The number of anilines is 1. The van der Waals surface area contributed by atoms with Crippen LogP contribution in [0.15, 0.2) is 133 Å². The van der Waals surface area contributed by atoms with Gasteiger partial charge in [-0.3, -0.25) is 19.3 Å². The summed E-state index contributed by atoms with van der Waals surface area (Å²) in [6.07, 6.45) is 3.42. The number of likely N-dealkylation sites (tertiary alicyclic amines) is 1. The Morgan fingerprint density at radius 3 is 2.14 bits per heavy atom. The van der Waals surface area contributed by atoms with Crippen molar-refractivity contribution in [3.05, 3.63) is 167 Å². The first kappa shape index (κ1) is 46.6. The van der Waals surface area contributed by atoms with E-state index in [0.717, 1.165) is 48.1 Å². The summed E-state index contributed by atoms with van der Waals surface area (Å²) in [6, 6.07) is 35.4. The predicted octanol–water partition coefficient (Wildman–Crippen LogP) is 7.01. The molecule has 0 aliphatic carbocycles. The van der Waals surface area contributed by atoms with Crippen molar-refractivity contribution >= 4 is 35.5 Å². The lowest BCUT2D eigenvalue weighted by Gasteiger charge is -2.46. The molecule has 4 aliphatic rings. The van der Waals surface area contributed by atoms with Crippen molar-refractivity contribution in [2.24, 2.45) is 11.7 Å². The highest BCUT2D eigenvalue weighted by Gasteiger charge is 2.76. The number of imide groups is 1. The maximum atomic E-state index is 16.8. The van der Waals surface area contributed by atoms with Crippen LogP contribution in [0.5, 0.6) is 5.75 Å². The molecule has 3 saturated heterocycles. The van der Waals surface area contributed by atoms with Crippen molar-refractivity contribution in [1.29, 1.82) is 0 Å². The SMILES string of the molecule is C[C@@H](NC(=O)N1C(=O)[C@@]2(c3cc(C#CCNC(N)=O)ccc31)[C@H](c1cccc(OCCO)c1)N1[C@H](c3ccccc3)[C@H](c3ccccc3)OC(=O)[C@H]1[C@@H]2C(=O)N1CCCCCCC1)c1ccccc1. The zero-order valence-corrected chi connectivity index (χ0v) is 38.5. The van der Waals surface area contributed by atoms with Crippen LogP contribution in [0.4, 0.5) is 15.3 Å². The van der Waals surface area contributed by atoms with Gasteiger partial charge in [-0.2, -0.15) is 0 Å². The first-order valence-electron chi connectivity index (χ1n) is 23.7. The number of carbonyl (C=O) groups is 5. The Kier molecular flexibility index (Phi) is 13.8. The number of aliphatic hydroxyl groups excluding tert-OH is 1. The fourth-order valence-corrected chi connectivity index (χ4v) is 10.9. The van der Waals surface area contributed by atoms with Gasteiger partial charge in [0.05, 0.1) is 42.9 Å². The number of carbonyl (C=O) groups excluding carboxylic acids is 5. The van der Waals surface area contributed by atoms with Gasteiger partial charge in [-0.15, -0.1) is 0 Å². The van der Waals surface area contributed by atoms with E-state index >= 15 is 19.2 Å². The van der Waals surface area contributed by atoms with Gasteiger partial charge in [-0.1, -0.05) is 134 Å². The Labute approximate surface area is 401 Å². The van der Waals surface area contributed by atoms with Crippen molar-refractivity contribution in [2.45, 2.75) is 74.7 Å². The first-order chi connectivity index (χ1) is 33.6. The van der Waals surface area contributed by atoms with Crippen LogP contribution in [0.3, 0.4) is 0 Å². The molecule has 0 bridgehead atoms. The molecular formula is C55H56N6O8. The van der Waals surface area contributed by atoms with Crippen molar-refractivity contribution in [1.82, 2.24) is 20.4 Å². The number of nitrogens with zero attached hydrogens (tertiary/aromatic N) is 3. The van der Waals surface area contributed by atoms with E-state index in [2.05, 4.69) is 22.5 Å². The third kappa shape index (κ3) is 8.91. The van der Waals surface area contributed by atoms with E-state index < -0.39 is 71.5 Å². The van der Waals surface area contributed by atoms with Crippen molar-refractivity contribution in [3.8, 4) is 17.6 Å². The highest BCUT2D eigenvalue weighted by atomic mass is 16.6. The number of benzene rings is 5. The Hall–Kier alpha value is -7.47. The number of hydrogen-bond donors (Lipinski definition) is 4. The number of urea groups is 2. The number of nitrogens with one attached hydrogen (secondary N) is 2. The van der Waals surface area contributed by atoms with E-state index in [4.69, 9.17) is 15.2 Å². The summed E-state index contributed by atoms with van der Waals surface area (Å²) >= 11 is 0. The molecule has 4 heterocycles. The predicted molar refractivity (Wildman–Crippen MR) is 258 cm³/mol.